The third kappa shape index (κ3) is 6.96. The average molecular weight is 815 g/mol. The van der Waals surface area contributed by atoms with Gasteiger partial charge in [0.2, 0.25) is 0 Å². The molecule has 3 heterocycles. The molecule has 0 fully saturated rings. The largest absolute Gasteiger partial charge is 0.305 e. The molecule has 3 aromatic heterocycles. The van der Waals surface area contributed by atoms with Crippen LogP contribution in [0.25, 0.3) is 53.8 Å². The van der Waals surface area contributed by atoms with Crippen molar-refractivity contribution in [1.82, 2.24) is 9.97 Å². The average Bonchev–Trinajstić information content (AvgIpc) is 3.41. The minimum Gasteiger partial charge on any atom is -0.305 e. The molecule has 0 unspecified atom stereocenters. The molecule has 0 spiro atoms. The predicted molar refractivity (Wildman–Crippen MR) is 192 cm³/mol. The van der Waals surface area contributed by atoms with E-state index in [2.05, 4.69) is 98.9 Å². The number of nitrogens with zero attached hydrogens (tertiary/aromatic N) is 2. The number of benzene rings is 4. The van der Waals surface area contributed by atoms with Crippen molar-refractivity contribution in [3.8, 4) is 33.6 Å². The molecule has 6 heteroatoms. The van der Waals surface area contributed by atoms with Crippen LogP contribution in [0.1, 0.15) is 16.7 Å². The molecule has 46 heavy (non-hydrogen) atoms. The zero-order valence-corrected chi connectivity index (χ0v) is 31.0. The molecule has 0 N–H and O–H groups in total. The number of fused-ring (bicyclic) bond motifs is 3. The molecule has 1 radical (unpaired) electrons. The van der Waals surface area contributed by atoms with Gasteiger partial charge in [-0.2, -0.15) is 11.3 Å². The van der Waals surface area contributed by atoms with Crippen LogP contribution in [-0.4, -0.2) is 18.0 Å². The summed E-state index contributed by atoms with van der Waals surface area (Å²) in [5.41, 5.74) is 10.0. The second kappa shape index (κ2) is 13.9. The van der Waals surface area contributed by atoms with Crippen LogP contribution >= 0.6 is 11.3 Å². The molecular weight excluding hydrogens is 780 g/mol. The number of hydrogen-bond donors (Lipinski definition) is 0. The molecule has 0 bridgehead atoms. The minimum atomic E-state index is -1.23. The van der Waals surface area contributed by atoms with Gasteiger partial charge in [0.15, 0.2) is 0 Å². The van der Waals surface area contributed by atoms with Crippen LogP contribution in [0.2, 0.25) is 19.6 Å². The van der Waals surface area contributed by atoms with Gasteiger partial charge in [0.25, 0.3) is 0 Å². The summed E-state index contributed by atoms with van der Waals surface area (Å²) in [7, 11) is -1.23. The molecular formula is C40H35FIrN2SSi-2. The zero-order valence-electron chi connectivity index (χ0n) is 26.8. The first-order valence-electron chi connectivity index (χ1n) is 15.1. The number of aromatic nitrogens is 2. The van der Waals surface area contributed by atoms with Gasteiger partial charge in [-0.05, 0) is 82.5 Å². The summed E-state index contributed by atoms with van der Waals surface area (Å²) in [5.74, 6) is -0.182. The normalized spacial score (nSPS) is 11.2. The van der Waals surface area contributed by atoms with Crippen LogP contribution in [0.15, 0.2) is 103 Å². The van der Waals surface area contributed by atoms with Gasteiger partial charge in [-0.1, -0.05) is 67.0 Å². The van der Waals surface area contributed by atoms with Crippen molar-refractivity contribution in [2.45, 2.75) is 40.4 Å². The summed E-state index contributed by atoms with van der Waals surface area (Å²) in [4.78, 5) is 9.16. The summed E-state index contributed by atoms with van der Waals surface area (Å²) in [6.07, 6.45) is 3.87. The van der Waals surface area contributed by atoms with Gasteiger partial charge in [-0.3, -0.25) is 0 Å². The molecule has 0 aliphatic heterocycles. The Kier molecular flexibility index (Phi) is 10.1. The van der Waals surface area contributed by atoms with Crippen LogP contribution in [0, 0.1) is 38.7 Å². The van der Waals surface area contributed by atoms with Crippen molar-refractivity contribution in [3.05, 3.63) is 138 Å². The van der Waals surface area contributed by atoms with E-state index in [1.807, 2.05) is 54.9 Å². The van der Waals surface area contributed by atoms with E-state index in [9.17, 15) is 4.39 Å². The van der Waals surface area contributed by atoms with E-state index in [-0.39, 0.29) is 25.9 Å². The first-order valence-corrected chi connectivity index (χ1v) is 19.4. The fourth-order valence-corrected chi connectivity index (χ4v) is 8.10. The van der Waals surface area contributed by atoms with E-state index in [1.165, 1.54) is 33.5 Å². The van der Waals surface area contributed by atoms with Crippen molar-refractivity contribution in [1.29, 1.82) is 0 Å². The molecule has 0 atom stereocenters. The van der Waals surface area contributed by atoms with Gasteiger partial charge in [-0.25, -0.2) is 4.39 Å². The smallest absolute Gasteiger partial charge is 0.130 e. The molecule has 0 amide bonds. The van der Waals surface area contributed by atoms with E-state index in [0.29, 0.717) is 5.39 Å². The van der Waals surface area contributed by atoms with Crippen LogP contribution in [0.3, 0.4) is 0 Å². The Morgan fingerprint density at radius 2 is 1.54 bits per heavy atom. The molecule has 0 aliphatic rings. The van der Waals surface area contributed by atoms with E-state index >= 15 is 0 Å². The van der Waals surface area contributed by atoms with Gasteiger partial charge >= 0.3 is 0 Å². The summed E-state index contributed by atoms with van der Waals surface area (Å²) in [6, 6.07) is 36.4. The van der Waals surface area contributed by atoms with Crippen molar-refractivity contribution in [2.24, 2.45) is 0 Å². The number of pyridine rings is 2. The Balaban J connectivity index is 0.000000209. The second-order valence-corrected chi connectivity index (χ2v) is 18.6. The summed E-state index contributed by atoms with van der Waals surface area (Å²) in [6.45, 7) is 13.4. The predicted octanol–water partition coefficient (Wildman–Crippen LogP) is 10.7. The van der Waals surface area contributed by atoms with Crippen LogP contribution in [0.5, 0.6) is 0 Å². The van der Waals surface area contributed by atoms with Gasteiger partial charge in [0, 0.05) is 42.6 Å². The van der Waals surface area contributed by atoms with Crippen LogP contribution in [-0.2, 0) is 20.1 Å². The maximum atomic E-state index is 14.5. The summed E-state index contributed by atoms with van der Waals surface area (Å²) in [5, 5.41) is 3.00. The second-order valence-electron chi connectivity index (χ2n) is 12.5. The molecule has 4 aromatic carbocycles. The first kappa shape index (κ1) is 33.6. The molecule has 7 aromatic rings. The Bertz CT molecular complexity index is 2110. The van der Waals surface area contributed by atoms with Crippen molar-refractivity contribution in [3.63, 3.8) is 0 Å². The van der Waals surface area contributed by atoms with Crippen LogP contribution in [0.4, 0.5) is 4.39 Å². The number of aryl methyl sites for hydroxylation is 3. The van der Waals surface area contributed by atoms with E-state index in [4.69, 9.17) is 0 Å². The standard InChI is InChI=1S/C26H19FNS.C14H16NSi.Ir/c1-15-12-16(2)24(17(3)13-15)18-10-11-28-22(14-18)19-6-4-7-20-25-21(27)8-5-9-23(25)29-26(19)20;1-16(2,3)13-9-10-14(15-11-13)12-7-5-4-6-8-12;/h4-5,7-14H,1-3H3;4-7,9-11H,1-3H3;/q2*-1;. The molecule has 7 rings (SSSR count). The third-order valence-corrected chi connectivity index (χ3v) is 11.2. The van der Waals surface area contributed by atoms with E-state index in [1.54, 1.807) is 17.4 Å². The molecule has 0 saturated carbocycles. The summed E-state index contributed by atoms with van der Waals surface area (Å²) < 4.78 is 16.4. The number of halogens is 1. The Morgan fingerprint density at radius 1 is 0.761 bits per heavy atom. The topological polar surface area (TPSA) is 25.8 Å². The Labute approximate surface area is 289 Å². The zero-order chi connectivity index (χ0) is 31.7. The molecule has 2 nitrogen and oxygen atoms in total. The molecule has 233 valence electrons. The SMILES string of the molecule is C[Si](C)(C)c1ccc(-c2[c-]cccc2)nc1.Cc1cc(C)c(-c2ccnc(-c3[c-]ccc4c3sc3cccc(F)c34)c2)c(C)c1.[Ir]. The first-order chi connectivity index (χ1) is 21.6. The third-order valence-electron chi connectivity index (χ3n) is 8.00. The molecule has 0 aliphatic carbocycles. The Morgan fingerprint density at radius 3 is 2.22 bits per heavy atom. The molecule has 0 saturated heterocycles. The maximum Gasteiger partial charge on any atom is 0.130 e. The number of rotatable bonds is 4. The monoisotopic (exact) mass is 815 g/mol. The van der Waals surface area contributed by atoms with Gasteiger partial charge < -0.3 is 9.97 Å². The van der Waals surface area contributed by atoms with Crippen molar-refractivity contribution >= 4 is 44.8 Å². The van der Waals surface area contributed by atoms with Gasteiger partial charge in [-0.15, -0.1) is 59.7 Å². The number of hydrogen-bond acceptors (Lipinski definition) is 3. The van der Waals surface area contributed by atoms with E-state index in [0.717, 1.165) is 42.9 Å². The van der Waals surface area contributed by atoms with Crippen molar-refractivity contribution < 1.29 is 24.5 Å². The summed E-state index contributed by atoms with van der Waals surface area (Å²) >= 11 is 1.60. The quantitative estimate of drug-likeness (QED) is 0.131. The van der Waals surface area contributed by atoms with Crippen molar-refractivity contribution in [2.75, 3.05) is 0 Å². The minimum absolute atomic E-state index is 0. The fourth-order valence-electron chi connectivity index (χ4n) is 5.85. The van der Waals surface area contributed by atoms with Gasteiger partial charge in [0.05, 0.1) is 8.07 Å². The van der Waals surface area contributed by atoms with E-state index < -0.39 is 8.07 Å². The maximum absolute atomic E-state index is 14.5. The van der Waals surface area contributed by atoms with Crippen LogP contribution < -0.4 is 5.19 Å². The fraction of sp³-hybridized carbons (Fsp3) is 0.150. The number of thiophene rings is 1. The van der Waals surface area contributed by atoms with Gasteiger partial charge in [0.1, 0.15) is 5.82 Å². The Hall–Kier alpha value is -3.80.